The zero-order chi connectivity index (χ0) is 16.9. The van der Waals surface area contributed by atoms with Gasteiger partial charge in [0.25, 0.3) is 5.91 Å². The molecule has 0 saturated carbocycles. The lowest BCUT2D eigenvalue weighted by Gasteiger charge is -2.28. The maximum Gasteiger partial charge on any atom is 0.253 e. The number of nitrogens with zero attached hydrogens (tertiary/aromatic N) is 1. The first-order valence-electron chi connectivity index (χ1n) is 8.47. The highest BCUT2D eigenvalue weighted by molar-refractivity contribution is 5.97. The van der Waals surface area contributed by atoms with E-state index in [1.807, 2.05) is 18.7 Å². The van der Waals surface area contributed by atoms with Crippen LogP contribution in [0.3, 0.4) is 0 Å². The van der Waals surface area contributed by atoms with Crippen LogP contribution in [0.2, 0.25) is 0 Å². The van der Waals surface area contributed by atoms with Crippen LogP contribution in [0, 0.1) is 5.41 Å². The Labute approximate surface area is 150 Å². The molecular weight excluding hydrogens is 326 g/mol. The van der Waals surface area contributed by atoms with Crippen LogP contribution in [0.5, 0.6) is 0 Å². The molecule has 24 heavy (non-hydrogen) atoms. The summed E-state index contributed by atoms with van der Waals surface area (Å²) in [6.07, 6.45) is 3.57. The predicted octanol–water partition coefficient (Wildman–Crippen LogP) is 3.05. The number of carbonyl (C=O) groups excluding carboxylic acids is 2. The van der Waals surface area contributed by atoms with Gasteiger partial charge in [0.2, 0.25) is 5.91 Å². The van der Waals surface area contributed by atoms with E-state index in [-0.39, 0.29) is 24.2 Å². The molecule has 1 fully saturated rings. The number of hydrogen-bond acceptors (Lipinski definition) is 3. The summed E-state index contributed by atoms with van der Waals surface area (Å²) in [5.41, 5.74) is 6.65. The molecule has 0 aliphatic carbocycles. The third-order valence-corrected chi connectivity index (χ3v) is 5.01. The second-order valence-electron chi connectivity index (χ2n) is 6.22. The van der Waals surface area contributed by atoms with Gasteiger partial charge in [-0.2, -0.15) is 0 Å². The summed E-state index contributed by atoms with van der Waals surface area (Å²) in [6.45, 7) is 5.96. The third-order valence-electron chi connectivity index (χ3n) is 5.01. The Morgan fingerprint density at radius 3 is 2.12 bits per heavy atom. The zero-order valence-electron chi connectivity index (χ0n) is 14.5. The summed E-state index contributed by atoms with van der Waals surface area (Å²) in [6, 6.07) is 7.12. The minimum Gasteiger partial charge on any atom is -0.339 e. The molecule has 6 heteroatoms. The Morgan fingerprint density at radius 1 is 1.12 bits per heavy atom. The van der Waals surface area contributed by atoms with Crippen molar-refractivity contribution in [2.75, 3.05) is 25.0 Å². The van der Waals surface area contributed by atoms with Gasteiger partial charge in [-0.1, -0.05) is 13.8 Å². The number of carbonyl (C=O) groups is 2. The molecular formula is C18H28ClN3O2. The minimum atomic E-state index is -0.524. The lowest BCUT2D eigenvalue weighted by molar-refractivity contribution is -0.125. The monoisotopic (exact) mass is 353 g/mol. The van der Waals surface area contributed by atoms with E-state index in [2.05, 4.69) is 5.32 Å². The highest BCUT2D eigenvalue weighted by atomic mass is 35.5. The summed E-state index contributed by atoms with van der Waals surface area (Å²) >= 11 is 0. The number of rotatable bonds is 6. The van der Waals surface area contributed by atoms with Crippen molar-refractivity contribution < 1.29 is 9.59 Å². The predicted molar refractivity (Wildman–Crippen MR) is 99.5 cm³/mol. The van der Waals surface area contributed by atoms with Crippen molar-refractivity contribution in [3.63, 3.8) is 0 Å². The summed E-state index contributed by atoms with van der Waals surface area (Å²) in [4.78, 5) is 26.7. The van der Waals surface area contributed by atoms with Gasteiger partial charge in [-0.25, -0.2) is 0 Å². The van der Waals surface area contributed by atoms with Crippen molar-refractivity contribution in [3.05, 3.63) is 29.8 Å². The van der Waals surface area contributed by atoms with Crippen LogP contribution in [-0.4, -0.2) is 36.3 Å². The molecule has 1 heterocycles. The Balaban J connectivity index is 0.00000288. The number of amides is 2. The van der Waals surface area contributed by atoms with Crippen LogP contribution in [0.4, 0.5) is 5.69 Å². The standard InChI is InChI=1S/C18H27N3O2.ClH/c1-3-18(4-2,13-19)17(23)20-15-9-7-14(8-10-15)16(22)21-11-5-6-12-21;/h7-10H,3-6,11-13,19H2,1-2H3,(H,20,23);1H. The second kappa shape index (κ2) is 9.04. The van der Waals surface area contributed by atoms with Crippen molar-refractivity contribution in [1.82, 2.24) is 4.90 Å². The number of nitrogens with one attached hydrogen (secondary N) is 1. The fourth-order valence-electron chi connectivity index (χ4n) is 3.02. The molecule has 2 amide bonds. The Morgan fingerprint density at radius 2 is 1.67 bits per heavy atom. The average molecular weight is 354 g/mol. The number of nitrogens with two attached hydrogens (primary N) is 1. The second-order valence-corrected chi connectivity index (χ2v) is 6.22. The lowest BCUT2D eigenvalue weighted by Crippen LogP contribution is -2.41. The first-order valence-corrected chi connectivity index (χ1v) is 8.47. The number of hydrogen-bond donors (Lipinski definition) is 2. The fourth-order valence-corrected chi connectivity index (χ4v) is 3.02. The molecule has 1 aliphatic rings. The van der Waals surface area contributed by atoms with E-state index in [9.17, 15) is 9.59 Å². The normalized spacial score (nSPS) is 14.2. The van der Waals surface area contributed by atoms with Crippen molar-refractivity contribution in [2.24, 2.45) is 11.1 Å². The van der Waals surface area contributed by atoms with Crippen LogP contribution in [0.15, 0.2) is 24.3 Å². The minimum absolute atomic E-state index is 0. The van der Waals surface area contributed by atoms with Crippen LogP contribution in [-0.2, 0) is 4.79 Å². The van der Waals surface area contributed by atoms with E-state index in [0.717, 1.165) is 25.9 Å². The van der Waals surface area contributed by atoms with E-state index < -0.39 is 5.41 Å². The highest BCUT2D eigenvalue weighted by Crippen LogP contribution is 2.27. The summed E-state index contributed by atoms with van der Waals surface area (Å²) in [7, 11) is 0. The smallest absolute Gasteiger partial charge is 0.253 e. The Kier molecular flexibility index (Phi) is 7.70. The molecule has 0 aromatic heterocycles. The van der Waals surface area contributed by atoms with E-state index >= 15 is 0 Å². The van der Waals surface area contributed by atoms with Gasteiger partial charge < -0.3 is 16.0 Å². The maximum absolute atomic E-state index is 12.5. The summed E-state index contributed by atoms with van der Waals surface area (Å²) in [5.74, 6) is 0.0161. The average Bonchev–Trinajstić information content (AvgIpc) is 3.11. The van der Waals surface area contributed by atoms with E-state index in [4.69, 9.17) is 5.73 Å². The third kappa shape index (κ3) is 4.28. The van der Waals surface area contributed by atoms with Crippen molar-refractivity contribution in [1.29, 1.82) is 0 Å². The largest absolute Gasteiger partial charge is 0.339 e. The molecule has 1 saturated heterocycles. The SMILES string of the molecule is CCC(CC)(CN)C(=O)Nc1ccc(C(=O)N2CCCC2)cc1.Cl. The quantitative estimate of drug-likeness (QED) is 0.825. The van der Waals surface area contributed by atoms with E-state index in [0.29, 0.717) is 30.6 Å². The number of likely N-dealkylation sites (tertiary alicyclic amines) is 1. The summed E-state index contributed by atoms with van der Waals surface area (Å²) < 4.78 is 0. The highest BCUT2D eigenvalue weighted by Gasteiger charge is 2.33. The Hall–Kier alpha value is -1.59. The molecule has 0 bridgehead atoms. The number of benzene rings is 1. The van der Waals surface area contributed by atoms with Gasteiger partial charge in [0.15, 0.2) is 0 Å². The van der Waals surface area contributed by atoms with Crippen molar-refractivity contribution >= 4 is 29.9 Å². The van der Waals surface area contributed by atoms with Crippen LogP contribution in [0.25, 0.3) is 0 Å². The van der Waals surface area contributed by atoms with Gasteiger partial charge in [0, 0.05) is 30.9 Å². The first-order chi connectivity index (χ1) is 11.1. The van der Waals surface area contributed by atoms with Gasteiger partial charge in [0.1, 0.15) is 0 Å². The molecule has 5 nitrogen and oxygen atoms in total. The number of anilines is 1. The molecule has 0 radical (unpaired) electrons. The molecule has 1 aliphatic heterocycles. The van der Waals surface area contributed by atoms with E-state index in [1.54, 1.807) is 24.3 Å². The van der Waals surface area contributed by atoms with Gasteiger partial charge in [-0.15, -0.1) is 12.4 Å². The van der Waals surface area contributed by atoms with Crippen molar-refractivity contribution in [2.45, 2.75) is 39.5 Å². The molecule has 3 N–H and O–H groups in total. The molecule has 0 unspecified atom stereocenters. The fraction of sp³-hybridized carbons (Fsp3) is 0.556. The van der Waals surface area contributed by atoms with Crippen molar-refractivity contribution in [3.8, 4) is 0 Å². The molecule has 1 aromatic rings. The Bertz CT molecular complexity index is 542. The molecule has 134 valence electrons. The lowest BCUT2D eigenvalue weighted by atomic mass is 9.81. The topological polar surface area (TPSA) is 75.4 Å². The number of halogens is 1. The molecule has 0 atom stereocenters. The molecule has 1 aromatic carbocycles. The maximum atomic E-state index is 12.5. The van der Waals surface area contributed by atoms with E-state index in [1.165, 1.54) is 0 Å². The van der Waals surface area contributed by atoms with Crippen LogP contribution >= 0.6 is 12.4 Å². The summed E-state index contributed by atoms with van der Waals surface area (Å²) in [5, 5.41) is 2.93. The van der Waals surface area contributed by atoms with Gasteiger partial charge in [-0.05, 0) is 49.9 Å². The molecule has 0 spiro atoms. The van der Waals surface area contributed by atoms with Gasteiger partial charge in [0.05, 0.1) is 5.41 Å². The van der Waals surface area contributed by atoms with Gasteiger partial charge >= 0.3 is 0 Å². The van der Waals surface area contributed by atoms with Gasteiger partial charge in [-0.3, -0.25) is 9.59 Å². The molecule has 2 rings (SSSR count). The zero-order valence-corrected chi connectivity index (χ0v) is 15.3. The van der Waals surface area contributed by atoms with Crippen LogP contribution in [0.1, 0.15) is 49.9 Å². The van der Waals surface area contributed by atoms with Crippen LogP contribution < -0.4 is 11.1 Å². The first kappa shape index (κ1) is 20.5.